The molecule has 0 aromatic heterocycles. The number of benzene rings is 1. The van der Waals surface area contributed by atoms with Gasteiger partial charge in [-0.25, -0.2) is 4.79 Å². The molecule has 1 aromatic carbocycles. The van der Waals surface area contributed by atoms with E-state index in [1.54, 1.807) is 0 Å². The SMILES string of the molecule is CC(C)N1C(=O)N[C@](C)([C@H]2CCCN(Cc3ccccc3)C2)C1=O. The van der Waals surface area contributed by atoms with Crippen LogP contribution >= 0.6 is 0 Å². The Morgan fingerprint density at radius 2 is 1.96 bits per heavy atom. The average Bonchev–Trinajstić information content (AvgIpc) is 2.79. The number of urea groups is 1. The van der Waals surface area contributed by atoms with E-state index in [9.17, 15) is 9.59 Å². The van der Waals surface area contributed by atoms with Crippen LogP contribution in [0.15, 0.2) is 30.3 Å². The van der Waals surface area contributed by atoms with Crippen LogP contribution in [0.2, 0.25) is 0 Å². The van der Waals surface area contributed by atoms with Crippen LogP contribution in [-0.4, -0.2) is 46.4 Å². The van der Waals surface area contributed by atoms with Gasteiger partial charge in [0, 0.05) is 25.0 Å². The Morgan fingerprint density at radius 3 is 2.58 bits per heavy atom. The summed E-state index contributed by atoms with van der Waals surface area (Å²) in [4.78, 5) is 28.9. The Bertz CT molecular complexity index is 616. The summed E-state index contributed by atoms with van der Waals surface area (Å²) >= 11 is 0. The Labute approximate surface area is 144 Å². The van der Waals surface area contributed by atoms with Crippen molar-refractivity contribution in [3.63, 3.8) is 0 Å². The number of hydrogen-bond acceptors (Lipinski definition) is 3. The second kappa shape index (κ2) is 6.55. The second-order valence-electron chi connectivity index (χ2n) is 7.46. The van der Waals surface area contributed by atoms with E-state index < -0.39 is 5.54 Å². The zero-order chi connectivity index (χ0) is 17.3. The molecule has 130 valence electrons. The standard InChI is InChI=1S/C19H27N3O2/c1-14(2)22-17(23)19(3,20-18(22)24)16-10-7-11-21(13-16)12-15-8-5-4-6-9-15/h4-6,8-9,14,16H,7,10-13H2,1-3H3,(H,20,24)/t16-,19+/m0/s1. The quantitative estimate of drug-likeness (QED) is 0.864. The summed E-state index contributed by atoms with van der Waals surface area (Å²) in [6.07, 6.45) is 2.03. The highest BCUT2D eigenvalue weighted by molar-refractivity contribution is 6.07. The molecule has 2 heterocycles. The van der Waals surface area contributed by atoms with Gasteiger partial charge in [-0.15, -0.1) is 0 Å². The third kappa shape index (κ3) is 3.05. The van der Waals surface area contributed by atoms with Crippen LogP contribution in [-0.2, 0) is 11.3 Å². The number of nitrogens with one attached hydrogen (secondary N) is 1. The number of amides is 3. The fraction of sp³-hybridized carbons (Fsp3) is 0.579. The summed E-state index contributed by atoms with van der Waals surface area (Å²) < 4.78 is 0. The number of piperidine rings is 1. The minimum atomic E-state index is -0.781. The van der Waals surface area contributed by atoms with Crippen molar-refractivity contribution in [2.24, 2.45) is 5.92 Å². The molecule has 2 fully saturated rings. The largest absolute Gasteiger partial charge is 0.325 e. The zero-order valence-electron chi connectivity index (χ0n) is 14.8. The topological polar surface area (TPSA) is 52.7 Å². The van der Waals surface area contributed by atoms with Gasteiger partial charge in [0.25, 0.3) is 5.91 Å². The number of rotatable bonds is 4. The predicted octanol–water partition coefficient (Wildman–Crippen LogP) is 2.62. The summed E-state index contributed by atoms with van der Waals surface area (Å²) in [6, 6.07) is 10.0. The molecule has 0 aliphatic carbocycles. The Morgan fingerprint density at radius 1 is 1.25 bits per heavy atom. The lowest BCUT2D eigenvalue weighted by molar-refractivity contribution is -0.134. The van der Waals surface area contributed by atoms with Crippen molar-refractivity contribution in [3.05, 3.63) is 35.9 Å². The number of hydrogen-bond donors (Lipinski definition) is 1. The molecule has 0 saturated carbocycles. The van der Waals surface area contributed by atoms with Crippen LogP contribution < -0.4 is 5.32 Å². The fourth-order valence-electron chi connectivity index (χ4n) is 3.94. The van der Waals surface area contributed by atoms with Crippen molar-refractivity contribution >= 4 is 11.9 Å². The molecule has 1 aromatic rings. The lowest BCUT2D eigenvalue weighted by Gasteiger charge is -2.40. The molecule has 0 spiro atoms. The van der Waals surface area contributed by atoms with Crippen LogP contribution in [0.5, 0.6) is 0 Å². The molecule has 5 nitrogen and oxygen atoms in total. The number of carbonyl (C=O) groups is 2. The molecule has 1 N–H and O–H groups in total. The van der Waals surface area contributed by atoms with Gasteiger partial charge in [0.2, 0.25) is 0 Å². The molecule has 24 heavy (non-hydrogen) atoms. The van der Waals surface area contributed by atoms with E-state index in [4.69, 9.17) is 0 Å². The molecule has 3 rings (SSSR count). The molecular formula is C19H27N3O2. The van der Waals surface area contributed by atoms with Crippen LogP contribution in [0, 0.1) is 5.92 Å². The summed E-state index contributed by atoms with van der Waals surface area (Å²) in [6.45, 7) is 8.42. The minimum Gasteiger partial charge on any atom is -0.323 e. The molecular weight excluding hydrogens is 302 g/mol. The normalized spacial score (nSPS) is 28.5. The third-order valence-electron chi connectivity index (χ3n) is 5.34. The molecule has 0 unspecified atom stereocenters. The average molecular weight is 329 g/mol. The van der Waals surface area contributed by atoms with Crippen molar-refractivity contribution in [2.45, 2.75) is 51.7 Å². The van der Waals surface area contributed by atoms with E-state index in [1.165, 1.54) is 10.5 Å². The summed E-state index contributed by atoms with van der Waals surface area (Å²) in [7, 11) is 0. The van der Waals surface area contributed by atoms with Gasteiger partial charge in [-0.2, -0.15) is 0 Å². The maximum atomic E-state index is 12.9. The fourth-order valence-corrected chi connectivity index (χ4v) is 3.94. The van der Waals surface area contributed by atoms with E-state index in [0.29, 0.717) is 0 Å². The zero-order valence-corrected chi connectivity index (χ0v) is 14.8. The first kappa shape index (κ1) is 17.0. The van der Waals surface area contributed by atoms with Gasteiger partial charge in [0.05, 0.1) is 0 Å². The van der Waals surface area contributed by atoms with Gasteiger partial charge in [0.15, 0.2) is 0 Å². The van der Waals surface area contributed by atoms with Gasteiger partial charge in [-0.3, -0.25) is 14.6 Å². The van der Waals surface area contributed by atoms with Crippen molar-refractivity contribution < 1.29 is 9.59 Å². The first-order chi connectivity index (χ1) is 11.4. The molecule has 5 heteroatoms. The molecule has 2 saturated heterocycles. The smallest absolute Gasteiger partial charge is 0.323 e. The molecule has 3 amide bonds. The minimum absolute atomic E-state index is 0.0749. The number of imide groups is 1. The van der Waals surface area contributed by atoms with Crippen molar-refractivity contribution in [1.29, 1.82) is 0 Å². The van der Waals surface area contributed by atoms with Gasteiger partial charge < -0.3 is 5.32 Å². The van der Waals surface area contributed by atoms with Crippen LogP contribution in [0.3, 0.4) is 0 Å². The maximum Gasteiger partial charge on any atom is 0.325 e. The number of nitrogens with zero attached hydrogens (tertiary/aromatic N) is 2. The van der Waals surface area contributed by atoms with E-state index in [2.05, 4.69) is 34.5 Å². The van der Waals surface area contributed by atoms with Gasteiger partial charge >= 0.3 is 6.03 Å². The molecule has 0 radical (unpaired) electrons. The van der Waals surface area contributed by atoms with Crippen molar-refractivity contribution in [1.82, 2.24) is 15.1 Å². The molecule has 2 atom stereocenters. The first-order valence-electron chi connectivity index (χ1n) is 8.84. The van der Waals surface area contributed by atoms with Gasteiger partial charge in [-0.1, -0.05) is 30.3 Å². The first-order valence-corrected chi connectivity index (χ1v) is 8.84. The Kier molecular flexibility index (Phi) is 4.63. The summed E-state index contributed by atoms with van der Waals surface area (Å²) in [5.74, 6) is 0.0734. The number of likely N-dealkylation sites (tertiary alicyclic amines) is 1. The summed E-state index contributed by atoms with van der Waals surface area (Å²) in [5.41, 5.74) is 0.505. The van der Waals surface area contributed by atoms with Crippen LogP contribution in [0.1, 0.15) is 39.2 Å². The van der Waals surface area contributed by atoms with E-state index in [0.717, 1.165) is 32.5 Å². The lowest BCUT2D eigenvalue weighted by atomic mass is 9.79. The highest BCUT2D eigenvalue weighted by atomic mass is 16.2. The lowest BCUT2D eigenvalue weighted by Crippen LogP contribution is -2.55. The van der Waals surface area contributed by atoms with E-state index >= 15 is 0 Å². The summed E-state index contributed by atoms with van der Waals surface area (Å²) in [5, 5.41) is 2.98. The van der Waals surface area contributed by atoms with Crippen LogP contribution in [0.25, 0.3) is 0 Å². The second-order valence-corrected chi connectivity index (χ2v) is 7.46. The third-order valence-corrected chi connectivity index (χ3v) is 5.34. The molecule has 0 bridgehead atoms. The highest BCUT2D eigenvalue weighted by Gasteiger charge is 2.53. The van der Waals surface area contributed by atoms with Crippen LogP contribution in [0.4, 0.5) is 4.79 Å². The predicted molar refractivity (Wildman–Crippen MR) is 93.4 cm³/mol. The van der Waals surface area contributed by atoms with Crippen molar-refractivity contribution in [3.8, 4) is 0 Å². The molecule has 2 aliphatic rings. The Hall–Kier alpha value is -1.88. The number of carbonyl (C=O) groups excluding carboxylic acids is 2. The van der Waals surface area contributed by atoms with Crippen molar-refractivity contribution in [2.75, 3.05) is 13.1 Å². The van der Waals surface area contributed by atoms with Gasteiger partial charge in [0.1, 0.15) is 5.54 Å². The maximum absolute atomic E-state index is 12.9. The monoisotopic (exact) mass is 329 g/mol. The highest BCUT2D eigenvalue weighted by Crippen LogP contribution is 2.33. The molecule has 2 aliphatic heterocycles. The van der Waals surface area contributed by atoms with E-state index in [1.807, 2.05) is 26.8 Å². The van der Waals surface area contributed by atoms with Gasteiger partial charge in [-0.05, 0) is 45.7 Å². The van der Waals surface area contributed by atoms with E-state index in [-0.39, 0.29) is 23.9 Å². The Balaban J connectivity index is 1.72.